The lowest BCUT2D eigenvalue weighted by Gasteiger charge is -2.07. The van der Waals surface area contributed by atoms with Gasteiger partial charge in [-0.3, -0.25) is 9.00 Å². The number of hydrogen-bond acceptors (Lipinski definition) is 2. The Labute approximate surface area is 113 Å². The summed E-state index contributed by atoms with van der Waals surface area (Å²) in [4.78, 5) is 11.9. The fourth-order valence-electron chi connectivity index (χ4n) is 1.36. The fraction of sp³-hybridized carbons (Fsp3) is 0.417. The maximum absolute atomic E-state index is 11.9. The van der Waals surface area contributed by atoms with Crippen LogP contribution >= 0.6 is 15.9 Å². The maximum Gasteiger partial charge on any atom is 0.251 e. The van der Waals surface area contributed by atoms with Gasteiger partial charge in [-0.25, -0.2) is 0 Å². The number of aryl methyl sites for hydroxylation is 1. The van der Waals surface area contributed by atoms with Gasteiger partial charge in [-0.15, -0.1) is 0 Å². The van der Waals surface area contributed by atoms with Crippen LogP contribution in [0, 0.1) is 6.92 Å². The molecule has 1 N–H and O–H groups in total. The molecule has 1 unspecified atom stereocenters. The third-order valence-electron chi connectivity index (χ3n) is 2.38. The average molecular weight is 318 g/mol. The number of carbonyl (C=O) groups is 1. The molecular weight excluding hydrogens is 302 g/mol. The molecule has 0 aliphatic carbocycles. The molecule has 1 rings (SSSR count). The Hall–Kier alpha value is -0.680. The first-order valence-electron chi connectivity index (χ1n) is 5.44. The van der Waals surface area contributed by atoms with Gasteiger partial charge < -0.3 is 5.32 Å². The van der Waals surface area contributed by atoms with Crippen LogP contribution < -0.4 is 5.32 Å². The first kappa shape index (κ1) is 14.4. The van der Waals surface area contributed by atoms with E-state index in [0.717, 1.165) is 10.0 Å². The number of rotatable bonds is 5. The highest BCUT2D eigenvalue weighted by molar-refractivity contribution is 9.10. The molecule has 0 fully saturated rings. The third-order valence-corrected chi connectivity index (χ3v) is 4.18. The van der Waals surface area contributed by atoms with Crippen LogP contribution in [0.5, 0.6) is 0 Å². The van der Waals surface area contributed by atoms with Crippen molar-refractivity contribution in [2.75, 3.05) is 18.1 Å². The van der Waals surface area contributed by atoms with Gasteiger partial charge in [0.05, 0.1) is 0 Å². The highest BCUT2D eigenvalue weighted by atomic mass is 79.9. The molecular formula is C12H16BrNO2S. The molecule has 0 heterocycles. The highest BCUT2D eigenvalue weighted by Gasteiger charge is 2.09. The van der Waals surface area contributed by atoms with Gasteiger partial charge >= 0.3 is 0 Å². The lowest BCUT2D eigenvalue weighted by atomic mass is 10.1. The minimum absolute atomic E-state index is 0.114. The number of amides is 1. The lowest BCUT2D eigenvalue weighted by molar-refractivity contribution is 0.0955. The van der Waals surface area contributed by atoms with Crippen molar-refractivity contribution >= 4 is 32.6 Å². The van der Waals surface area contributed by atoms with Gasteiger partial charge in [0.1, 0.15) is 0 Å². The number of benzene rings is 1. The predicted molar refractivity (Wildman–Crippen MR) is 74.8 cm³/mol. The largest absolute Gasteiger partial charge is 0.351 e. The van der Waals surface area contributed by atoms with Gasteiger partial charge in [-0.2, -0.15) is 0 Å². The van der Waals surface area contributed by atoms with Crippen LogP contribution in [0.15, 0.2) is 22.7 Å². The van der Waals surface area contributed by atoms with Gasteiger partial charge in [0.2, 0.25) is 0 Å². The summed E-state index contributed by atoms with van der Waals surface area (Å²) in [6, 6.07) is 5.59. The van der Waals surface area contributed by atoms with Crippen molar-refractivity contribution in [1.29, 1.82) is 0 Å². The average Bonchev–Trinajstić information content (AvgIpc) is 2.31. The Bertz CT molecular complexity index is 435. The standard InChI is InChI=1S/C12H16BrNO2S/c1-3-17(16)7-6-14-12(15)11-8-10(13)5-4-9(11)2/h4-5,8H,3,6-7H2,1-2H3,(H,14,15). The SMILES string of the molecule is CCS(=O)CCNC(=O)c1cc(Br)ccc1C. The molecule has 3 nitrogen and oxygen atoms in total. The Morgan fingerprint density at radius 2 is 2.18 bits per heavy atom. The van der Waals surface area contributed by atoms with Crippen molar-refractivity contribution in [3.05, 3.63) is 33.8 Å². The van der Waals surface area contributed by atoms with Gasteiger partial charge in [-0.05, 0) is 24.6 Å². The fourth-order valence-corrected chi connectivity index (χ4v) is 2.34. The van der Waals surface area contributed by atoms with Crippen molar-refractivity contribution in [3.8, 4) is 0 Å². The summed E-state index contributed by atoms with van der Waals surface area (Å²) in [6.07, 6.45) is 0. The second-order valence-electron chi connectivity index (χ2n) is 3.65. The maximum atomic E-state index is 11.9. The molecule has 1 atom stereocenters. The molecule has 1 aromatic rings. The monoisotopic (exact) mass is 317 g/mol. The topological polar surface area (TPSA) is 46.2 Å². The van der Waals surface area contributed by atoms with E-state index in [1.54, 1.807) is 6.07 Å². The molecule has 94 valence electrons. The van der Waals surface area contributed by atoms with Crippen molar-refractivity contribution in [2.24, 2.45) is 0 Å². The lowest BCUT2D eigenvalue weighted by Crippen LogP contribution is -2.28. The minimum Gasteiger partial charge on any atom is -0.351 e. The molecule has 0 aliphatic heterocycles. The van der Waals surface area contributed by atoms with E-state index < -0.39 is 10.8 Å². The first-order valence-corrected chi connectivity index (χ1v) is 7.72. The molecule has 1 amide bonds. The van der Waals surface area contributed by atoms with Crippen LogP contribution in [0.25, 0.3) is 0 Å². The van der Waals surface area contributed by atoms with Crippen LogP contribution in [-0.4, -0.2) is 28.2 Å². The summed E-state index contributed by atoms with van der Waals surface area (Å²) in [6.45, 7) is 4.22. The van der Waals surface area contributed by atoms with E-state index in [1.165, 1.54) is 0 Å². The summed E-state index contributed by atoms with van der Waals surface area (Å²) in [7, 11) is -0.834. The normalized spacial score (nSPS) is 12.2. The van der Waals surface area contributed by atoms with Gasteiger partial charge in [-0.1, -0.05) is 28.9 Å². The summed E-state index contributed by atoms with van der Waals surface area (Å²) in [5.41, 5.74) is 1.59. The molecule has 0 saturated heterocycles. The minimum atomic E-state index is -0.834. The molecule has 0 aromatic heterocycles. The molecule has 17 heavy (non-hydrogen) atoms. The Morgan fingerprint density at radius 1 is 1.47 bits per heavy atom. The first-order chi connectivity index (χ1) is 8.04. The van der Waals surface area contributed by atoms with Crippen molar-refractivity contribution < 1.29 is 9.00 Å². The number of halogens is 1. The molecule has 0 spiro atoms. The number of hydrogen-bond donors (Lipinski definition) is 1. The Morgan fingerprint density at radius 3 is 2.82 bits per heavy atom. The van der Waals surface area contributed by atoms with Crippen molar-refractivity contribution in [1.82, 2.24) is 5.32 Å². The van der Waals surface area contributed by atoms with Crippen molar-refractivity contribution in [3.63, 3.8) is 0 Å². The summed E-state index contributed by atoms with van der Waals surface area (Å²) >= 11 is 3.34. The summed E-state index contributed by atoms with van der Waals surface area (Å²) in [5.74, 6) is 1.03. The molecule has 0 saturated carbocycles. The van der Waals surface area contributed by atoms with Crippen LogP contribution in [0.1, 0.15) is 22.8 Å². The Balaban J connectivity index is 2.58. The summed E-state index contributed by atoms with van der Waals surface area (Å²) in [5, 5.41) is 2.78. The molecule has 0 radical (unpaired) electrons. The van der Waals surface area contributed by atoms with Crippen LogP contribution in [0.2, 0.25) is 0 Å². The van der Waals surface area contributed by atoms with E-state index in [2.05, 4.69) is 21.2 Å². The number of carbonyl (C=O) groups excluding carboxylic acids is 1. The zero-order valence-electron chi connectivity index (χ0n) is 9.96. The zero-order valence-corrected chi connectivity index (χ0v) is 12.4. The van der Waals surface area contributed by atoms with Crippen LogP contribution in [0.4, 0.5) is 0 Å². The van der Waals surface area contributed by atoms with Gasteiger partial charge in [0.25, 0.3) is 5.91 Å². The zero-order chi connectivity index (χ0) is 12.8. The van der Waals surface area contributed by atoms with Crippen molar-refractivity contribution in [2.45, 2.75) is 13.8 Å². The highest BCUT2D eigenvalue weighted by Crippen LogP contribution is 2.15. The second-order valence-corrected chi connectivity index (χ2v) is 6.43. The van der Waals surface area contributed by atoms with Crippen LogP contribution in [0.3, 0.4) is 0 Å². The molecule has 5 heteroatoms. The molecule has 0 aliphatic rings. The number of nitrogens with one attached hydrogen (secondary N) is 1. The van der Waals surface area contributed by atoms with Gasteiger partial charge in [0, 0.05) is 38.9 Å². The molecule has 0 bridgehead atoms. The second kappa shape index (κ2) is 6.91. The van der Waals surface area contributed by atoms with E-state index in [9.17, 15) is 9.00 Å². The van der Waals surface area contributed by atoms with E-state index >= 15 is 0 Å². The van der Waals surface area contributed by atoms with Crippen LogP contribution in [-0.2, 0) is 10.8 Å². The van der Waals surface area contributed by atoms with E-state index in [1.807, 2.05) is 26.0 Å². The van der Waals surface area contributed by atoms with E-state index in [4.69, 9.17) is 0 Å². The predicted octanol–water partition coefficient (Wildman–Crippen LogP) is 2.26. The third kappa shape index (κ3) is 4.60. The quantitative estimate of drug-likeness (QED) is 0.905. The van der Waals surface area contributed by atoms with Gasteiger partial charge in [0.15, 0.2) is 0 Å². The Kier molecular flexibility index (Phi) is 5.85. The molecule has 1 aromatic carbocycles. The van der Waals surface area contributed by atoms with E-state index in [0.29, 0.717) is 23.6 Å². The van der Waals surface area contributed by atoms with E-state index in [-0.39, 0.29) is 5.91 Å². The summed E-state index contributed by atoms with van der Waals surface area (Å²) < 4.78 is 12.1. The smallest absolute Gasteiger partial charge is 0.251 e.